The first-order valence-corrected chi connectivity index (χ1v) is 13.1. The average Bonchev–Trinajstić information content (AvgIpc) is 3.55. The summed E-state index contributed by atoms with van der Waals surface area (Å²) in [6.45, 7) is -0.949. The number of aromatic nitrogens is 2. The van der Waals surface area contributed by atoms with Gasteiger partial charge in [0.15, 0.2) is 0 Å². The van der Waals surface area contributed by atoms with Crippen molar-refractivity contribution in [1.82, 2.24) is 15.1 Å². The first kappa shape index (κ1) is 28.2. The second kappa shape index (κ2) is 10.6. The lowest BCUT2D eigenvalue weighted by atomic mass is 9.82. The molecule has 2 aliphatic carbocycles. The minimum atomic E-state index is -4.98. The fraction of sp³-hybridized carbons (Fsp3) is 0.577. The van der Waals surface area contributed by atoms with Crippen molar-refractivity contribution in [3.8, 4) is 5.75 Å². The molecule has 5 rings (SSSR count). The maximum atomic E-state index is 13.4. The Hall–Kier alpha value is -3.29. The van der Waals surface area contributed by atoms with Crippen LogP contribution in [0, 0.1) is 5.92 Å². The van der Waals surface area contributed by atoms with E-state index in [0.29, 0.717) is 43.2 Å². The van der Waals surface area contributed by atoms with E-state index in [1.165, 1.54) is 4.68 Å². The molecular weight excluding hydrogens is 546 g/mol. The van der Waals surface area contributed by atoms with Gasteiger partial charge in [0.25, 0.3) is 11.8 Å². The molecule has 8 nitrogen and oxygen atoms in total. The molecule has 2 heterocycles. The molecule has 1 spiro atoms. The molecule has 1 atom stereocenters. The number of rotatable bonds is 10. The van der Waals surface area contributed by atoms with E-state index >= 15 is 0 Å². The van der Waals surface area contributed by atoms with Crippen LogP contribution in [-0.2, 0) is 34.5 Å². The highest BCUT2D eigenvalue weighted by Gasteiger charge is 2.47. The SMILES string of the molecule is O=C(COC(F)(F)F)Nc1c2c(nn1CCC1CC1)C[C@]1(CCc3cc(OCCCC(F)(F)F)ccc31)NC2=O. The number of nitrogens with zero attached hydrogens (tertiary/aromatic N) is 2. The van der Waals surface area contributed by atoms with Crippen molar-refractivity contribution < 1.29 is 45.4 Å². The fourth-order valence-corrected chi connectivity index (χ4v) is 5.39. The van der Waals surface area contributed by atoms with E-state index in [2.05, 4.69) is 20.5 Å². The molecule has 0 bridgehead atoms. The molecule has 40 heavy (non-hydrogen) atoms. The first-order valence-electron chi connectivity index (χ1n) is 13.1. The number of amides is 2. The summed E-state index contributed by atoms with van der Waals surface area (Å²) < 4.78 is 85.0. The third-order valence-corrected chi connectivity index (χ3v) is 7.43. The molecule has 2 N–H and O–H groups in total. The summed E-state index contributed by atoms with van der Waals surface area (Å²) in [5, 5.41) is 10.0. The van der Waals surface area contributed by atoms with E-state index in [-0.39, 0.29) is 24.4 Å². The van der Waals surface area contributed by atoms with Crippen molar-refractivity contribution >= 4 is 17.6 Å². The van der Waals surface area contributed by atoms with Crippen molar-refractivity contribution in [3.05, 3.63) is 40.6 Å². The number of alkyl halides is 6. The number of carbonyl (C=O) groups is 2. The summed E-state index contributed by atoms with van der Waals surface area (Å²) in [6.07, 6.45) is -5.99. The molecule has 1 aliphatic heterocycles. The Kier molecular flexibility index (Phi) is 7.48. The number of halogens is 6. The summed E-state index contributed by atoms with van der Waals surface area (Å²) in [5.74, 6) is -0.582. The van der Waals surface area contributed by atoms with Gasteiger partial charge < -0.3 is 15.4 Å². The lowest BCUT2D eigenvalue weighted by Crippen LogP contribution is -2.49. The first-order chi connectivity index (χ1) is 18.8. The van der Waals surface area contributed by atoms with Gasteiger partial charge in [0.05, 0.1) is 17.8 Å². The molecule has 218 valence electrons. The molecule has 1 aromatic heterocycles. The van der Waals surface area contributed by atoms with Gasteiger partial charge in [-0.2, -0.15) is 18.3 Å². The lowest BCUT2D eigenvalue weighted by molar-refractivity contribution is -0.320. The lowest BCUT2D eigenvalue weighted by Gasteiger charge is -2.35. The summed E-state index contributed by atoms with van der Waals surface area (Å²) >= 11 is 0. The highest BCUT2D eigenvalue weighted by atomic mass is 19.4. The maximum Gasteiger partial charge on any atom is 0.523 e. The number of aryl methyl sites for hydroxylation is 2. The molecular formula is C26H28F6N4O4. The Bertz CT molecular complexity index is 1290. The standard InChI is InChI=1S/C26H28F6N4O4/c27-25(28,29)8-1-11-39-17-4-5-18-16(12-17)6-9-24(18)13-19-21(23(38)34-24)22(33-20(37)14-40-26(30,31)32)36(35-19)10-7-15-2-3-15/h4-5,12,15H,1-3,6-11,13-14H2,(H,33,37)(H,34,38)/t24-/m0/s1. The molecule has 2 amide bonds. The van der Waals surface area contributed by atoms with Gasteiger partial charge >= 0.3 is 12.5 Å². The number of benzene rings is 1. The predicted molar refractivity (Wildman–Crippen MR) is 129 cm³/mol. The molecule has 14 heteroatoms. The van der Waals surface area contributed by atoms with Crippen molar-refractivity contribution in [3.63, 3.8) is 0 Å². The van der Waals surface area contributed by atoms with Crippen molar-refractivity contribution in [2.45, 2.75) is 76.0 Å². The number of hydrogen-bond acceptors (Lipinski definition) is 5. The zero-order valence-corrected chi connectivity index (χ0v) is 21.4. The number of fused-ring (bicyclic) bond motifs is 3. The van der Waals surface area contributed by atoms with Gasteiger partial charge in [0, 0.05) is 19.4 Å². The van der Waals surface area contributed by atoms with Gasteiger partial charge in [-0.3, -0.25) is 14.3 Å². The van der Waals surface area contributed by atoms with Gasteiger partial charge in [-0.15, -0.1) is 13.2 Å². The minimum absolute atomic E-state index is 0.0413. The normalized spacial score (nSPS) is 20.3. The Morgan fingerprint density at radius 1 is 1.20 bits per heavy atom. The van der Waals surface area contributed by atoms with Crippen LogP contribution in [0.5, 0.6) is 5.75 Å². The van der Waals surface area contributed by atoms with Crippen LogP contribution < -0.4 is 15.4 Å². The van der Waals surface area contributed by atoms with Gasteiger partial charge in [-0.25, -0.2) is 4.68 Å². The van der Waals surface area contributed by atoms with Gasteiger partial charge in [0.2, 0.25) is 0 Å². The second-order valence-electron chi connectivity index (χ2n) is 10.5. The van der Waals surface area contributed by atoms with Crippen LogP contribution in [0.4, 0.5) is 32.2 Å². The van der Waals surface area contributed by atoms with Crippen LogP contribution in [-0.4, -0.2) is 47.3 Å². The predicted octanol–water partition coefficient (Wildman–Crippen LogP) is 5.01. The minimum Gasteiger partial charge on any atom is -0.494 e. The second-order valence-corrected chi connectivity index (χ2v) is 10.5. The third-order valence-electron chi connectivity index (χ3n) is 7.43. The topological polar surface area (TPSA) is 94.5 Å². The highest BCUT2D eigenvalue weighted by molar-refractivity contribution is 6.05. The van der Waals surface area contributed by atoms with Gasteiger partial charge in [0.1, 0.15) is 23.7 Å². The van der Waals surface area contributed by atoms with Crippen LogP contribution in [0.1, 0.15) is 65.7 Å². The summed E-state index contributed by atoms with van der Waals surface area (Å²) in [6, 6.07) is 5.20. The fourth-order valence-electron chi connectivity index (χ4n) is 5.39. The van der Waals surface area contributed by atoms with Crippen LogP contribution in [0.15, 0.2) is 18.2 Å². The monoisotopic (exact) mass is 574 g/mol. The van der Waals surface area contributed by atoms with Crippen LogP contribution in [0.2, 0.25) is 0 Å². The van der Waals surface area contributed by atoms with Crippen LogP contribution in [0.3, 0.4) is 0 Å². The van der Waals surface area contributed by atoms with E-state index in [9.17, 15) is 35.9 Å². The van der Waals surface area contributed by atoms with Gasteiger partial charge in [-0.1, -0.05) is 18.9 Å². The third kappa shape index (κ3) is 6.53. The average molecular weight is 575 g/mol. The number of nitrogens with one attached hydrogen (secondary N) is 2. The molecule has 1 saturated carbocycles. The summed E-state index contributed by atoms with van der Waals surface area (Å²) in [5.41, 5.74) is 1.48. The highest BCUT2D eigenvalue weighted by Crippen LogP contribution is 2.44. The Labute approximate surface area is 225 Å². The number of anilines is 1. The zero-order chi connectivity index (χ0) is 28.7. The maximum absolute atomic E-state index is 13.4. The molecule has 0 saturated heterocycles. The molecule has 0 radical (unpaired) electrons. The van der Waals surface area contributed by atoms with Crippen molar-refractivity contribution in [2.24, 2.45) is 5.92 Å². The smallest absolute Gasteiger partial charge is 0.494 e. The van der Waals surface area contributed by atoms with E-state index in [4.69, 9.17) is 4.74 Å². The molecule has 1 fully saturated rings. The van der Waals surface area contributed by atoms with E-state index in [0.717, 1.165) is 30.4 Å². The Morgan fingerprint density at radius 3 is 2.67 bits per heavy atom. The molecule has 2 aromatic rings. The van der Waals surface area contributed by atoms with Crippen molar-refractivity contribution in [2.75, 3.05) is 18.5 Å². The van der Waals surface area contributed by atoms with Crippen LogP contribution in [0.25, 0.3) is 0 Å². The van der Waals surface area contributed by atoms with Gasteiger partial charge in [-0.05, 0) is 54.9 Å². The molecule has 3 aliphatic rings. The molecule has 1 aromatic carbocycles. The quantitative estimate of drug-likeness (QED) is 0.308. The Morgan fingerprint density at radius 2 is 1.98 bits per heavy atom. The summed E-state index contributed by atoms with van der Waals surface area (Å²) in [4.78, 5) is 25.7. The number of hydrogen-bond donors (Lipinski definition) is 2. The van der Waals surface area contributed by atoms with Crippen molar-refractivity contribution in [1.29, 1.82) is 0 Å². The Balaban J connectivity index is 1.34. The zero-order valence-electron chi connectivity index (χ0n) is 21.4. The molecule has 0 unspecified atom stereocenters. The van der Waals surface area contributed by atoms with E-state index in [1.807, 2.05) is 0 Å². The van der Waals surface area contributed by atoms with E-state index < -0.39 is 42.9 Å². The largest absolute Gasteiger partial charge is 0.523 e. The van der Waals surface area contributed by atoms with Crippen LogP contribution >= 0.6 is 0 Å². The van der Waals surface area contributed by atoms with E-state index in [1.54, 1.807) is 18.2 Å². The number of carbonyl (C=O) groups excluding carboxylic acids is 2. The number of ether oxygens (including phenoxy) is 2. The summed E-state index contributed by atoms with van der Waals surface area (Å²) in [7, 11) is 0.